The molecule has 3 N–H and O–H groups in total. The van der Waals surface area contributed by atoms with Crippen molar-refractivity contribution in [2.45, 2.75) is 13.3 Å². The van der Waals surface area contributed by atoms with Gasteiger partial charge in [-0.2, -0.15) is 0 Å². The third-order valence-electron chi connectivity index (χ3n) is 2.93. The molecule has 0 saturated carbocycles. The molecule has 0 amide bonds. The normalized spacial score (nSPS) is 10.4. The van der Waals surface area contributed by atoms with Crippen LogP contribution in [0, 0.1) is 0 Å². The SMILES string of the molecule is CCc1ccc(OC)c(-c2c(C(=O)O)[nH][nH]c2=O)c1. The van der Waals surface area contributed by atoms with Gasteiger partial charge in [-0.25, -0.2) is 4.79 Å². The van der Waals surface area contributed by atoms with Gasteiger partial charge in [0.15, 0.2) is 5.69 Å². The van der Waals surface area contributed by atoms with E-state index in [4.69, 9.17) is 9.84 Å². The van der Waals surface area contributed by atoms with E-state index in [1.807, 2.05) is 13.0 Å². The van der Waals surface area contributed by atoms with Gasteiger partial charge in [-0.15, -0.1) is 0 Å². The number of benzene rings is 1. The number of ether oxygens (including phenoxy) is 1. The van der Waals surface area contributed by atoms with Gasteiger partial charge >= 0.3 is 5.97 Å². The zero-order valence-corrected chi connectivity index (χ0v) is 10.6. The van der Waals surface area contributed by atoms with Crippen LogP contribution < -0.4 is 10.3 Å². The highest BCUT2D eigenvalue weighted by Gasteiger charge is 2.21. The van der Waals surface area contributed by atoms with E-state index in [1.165, 1.54) is 7.11 Å². The Kier molecular flexibility index (Phi) is 3.41. The van der Waals surface area contributed by atoms with E-state index in [2.05, 4.69) is 10.2 Å². The Hall–Kier alpha value is -2.50. The number of hydrogen-bond acceptors (Lipinski definition) is 3. The molecule has 0 aliphatic heterocycles. The van der Waals surface area contributed by atoms with Crippen LogP contribution in [0.5, 0.6) is 5.75 Å². The van der Waals surface area contributed by atoms with Crippen LogP contribution in [0.15, 0.2) is 23.0 Å². The quantitative estimate of drug-likeness (QED) is 0.780. The standard InChI is InChI=1S/C13H14N2O4/c1-3-7-4-5-9(19-2)8(6-7)10-11(13(17)18)14-15-12(10)16/h4-6H,3H2,1-2H3,(H,17,18)(H2,14,15,16). The van der Waals surface area contributed by atoms with Gasteiger partial charge in [-0.3, -0.25) is 15.0 Å². The van der Waals surface area contributed by atoms with Crippen molar-refractivity contribution in [1.29, 1.82) is 0 Å². The van der Waals surface area contributed by atoms with Gasteiger partial charge in [0.05, 0.1) is 12.7 Å². The third kappa shape index (κ3) is 2.24. The molecule has 0 unspecified atom stereocenters. The number of carboxylic acids is 1. The average molecular weight is 262 g/mol. The minimum Gasteiger partial charge on any atom is -0.496 e. The molecule has 0 saturated heterocycles. The molecule has 100 valence electrons. The monoisotopic (exact) mass is 262 g/mol. The number of aromatic amines is 2. The van der Waals surface area contributed by atoms with Gasteiger partial charge in [0.25, 0.3) is 5.56 Å². The highest BCUT2D eigenvalue weighted by atomic mass is 16.5. The van der Waals surface area contributed by atoms with Crippen LogP contribution in [0.25, 0.3) is 11.1 Å². The zero-order chi connectivity index (χ0) is 14.0. The molecule has 1 aromatic heterocycles. The molecule has 0 spiro atoms. The lowest BCUT2D eigenvalue weighted by Crippen LogP contribution is -2.06. The van der Waals surface area contributed by atoms with E-state index in [0.717, 1.165) is 12.0 Å². The fourth-order valence-electron chi connectivity index (χ4n) is 1.95. The predicted molar refractivity (Wildman–Crippen MR) is 69.7 cm³/mol. The topological polar surface area (TPSA) is 95.2 Å². The summed E-state index contributed by atoms with van der Waals surface area (Å²) in [5, 5.41) is 13.8. The van der Waals surface area contributed by atoms with Crippen LogP contribution in [-0.2, 0) is 6.42 Å². The second kappa shape index (κ2) is 5.01. The minimum atomic E-state index is -1.20. The Morgan fingerprint density at radius 2 is 2.11 bits per heavy atom. The van der Waals surface area contributed by atoms with Crippen molar-refractivity contribution >= 4 is 5.97 Å². The van der Waals surface area contributed by atoms with Crippen LogP contribution in [0.2, 0.25) is 0 Å². The van der Waals surface area contributed by atoms with Crippen molar-refractivity contribution in [1.82, 2.24) is 10.2 Å². The maximum Gasteiger partial charge on any atom is 0.354 e. The van der Waals surface area contributed by atoms with Crippen molar-refractivity contribution in [3.05, 3.63) is 39.8 Å². The number of hydrogen-bond donors (Lipinski definition) is 3. The van der Waals surface area contributed by atoms with Crippen LogP contribution in [0.3, 0.4) is 0 Å². The molecule has 0 atom stereocenters. The lowest BCUT2D eigenvalue weighted by atomic mass is 10.0. The van der Waals surface area contributed by atoms with Gasteiger partial charge in [-0.05, 0) is 24.1 Å². The van der Waals surface area contributed by atoms with E-state index in [1.54, 1.807) is 12.1 Å². The molecule has 2 aromatic rings. The number of aromatic carboxylic acids is 1. The number of methoxy groups -OCH3 is 1. The lowest BCUT2D eigenvalue weighted by Gasteiger charge is -2.09. The maximum absolute atomic E-state index is 11.8. The first-order chi connectivity index (χ1) is 9.08. The first kappa shape index (κ1) is 12.9. The number of aryl methyl sites for hydroxylation is 1. The van der Waals surface area contributed by atoms with Crippen molar-refractivity contribution in [2.24, 2.45) is 0 Å². The Morgan fingerprint density at radius 1 is 1.37 bits per heavy atom. The molecular formula is C13H14N2O4. The molecular weight excluding hydrogens is 248 g/mol. The van der Waals surface area contributed by atoms with Crippen LogP contribution >= 0.6 is 0 Å². The van der Waals surface area contributed by atoms with E-state index >= 15 is 0 Å². The molecule has 6 heteroatoms. The summed E-state index contributed by atoms with van der Waals surface area (Å²) in [5.41, 5.74) is 0.898. The second-order valence-electron chi connectivity index (χ2n) is 4.02. The van der Waals surface area contributed by atoms with Crippen LogP contribution in [0.4, 0.5) is 0 Å². The summed E-state index contributed by atoms with van der Waals surface area (Å²) in [6.45, 7) is 1.98. The van der Waals surface area contributed by atoms with Crippen LogP contribution in [-0.4, -0.2) is 28.4 Å². The summed E-state index contributed by atoms with van der Waals surface area (Å²) in [4.78, 5) is 22.9. The van der Waals surface area contributed by atoms with Crippen molar-refractivity contribution < 1.29 is 14.6 Å². The van der Waals surface area contributed by atoms with Gasteiger partial charge in [-0.1, -0.05) is 13.0 Å². The van der Waals surface area contributed by atoms with E-state index in [-0.39, 0.29) is 11.3 Å². The first-order valence-electron chi connectivity index (χ1n) is 5.79. The third-order valence-corrected chi connectivity index (χ3v) is 2.93. The molecule has 6 nitrogen and oxygen atoms in total. The molecule has 2 rings (SSSR count). The number of carbonyl (C=O) groups is 1. The summed E-state index contributed by atoms with van der Waals surface area (Å²) >= 11 is 0. The Bertz CT molecular complexity index is 670. The van der Waals surface area contributed by atoms with Crippen molar-refractivity contribution in [3.8, 4) is 16.9 Å². The molecule has 19 heavy (non-hydrogen) atoms. The van der Waals surface area contributed by atoms with E-state index < -0.39 is 11.5 Å². The summed E-state index contributed by atoms with van der Waals surface area (Å²) in [5.74, 6) is -0.734. The summed E-state index contributed by atoms with van der Waals surface area (Å²) < 4.78 is 5.20. The minimum absolute atomic E-state index is 0.0830. The predicted octanol–water partition coefficient (Wildman–Crippen LogP) is 1.64. The summed E-state index contributed by atoms with van der Waals surface area (Å²) in [6, 6.07) is 5.37. The highest BCUT2D eigenvalue weighted by Crippen LogP contribution is 2.30. The molecule has 0 aliphatic carbocycles. The molecule has 0 fully saturated rings. The molecule has 1 aromatic carbocycles. The fourth-order valence-corrected chi connectivity index (χ4v) is 1.95. The van der Waals surface area contributed by atoms with Gasteiger partial charge in [0, 0.05) is 5.56 Å². The molecule has 0 radical (unpaired) electrons. The van der Waals surface area contributed by atoms with Crippen molar-refractivity contribution in [3.63, 3.8) is 0 Å². The Morgan fingerprint density at radius 3 is 2.68 bits per heavy atom. The number of H-pyrrole nitrogens is 2. The summed E-state index contributed by atoms with van der Waals surface area (Å²) in [7, 11) is 1.48. The van der Waals surface area contributed by atoms with Gasteiger partial charge < -0.3 is 9.84 Å². The number of aromatic nitrogens is 2. The average Bonchev–Trinajstić information content (AvgIpc) is 2.80. The largest absolute Gasteiger partial charge is 0.496 e. The zero-order valence-electron chi connectivity index (χ0n) is 10.6. The molecule has 0 bridgehead atoms. The highest BCUT2D eigenvalue weighted by molar-refractivity contribution is 5.94. The Labute approximate surface area is 109 Å². The number of rotatable bonds is 4. The first-order valence-corrected chi connectivity index (χ1v) is 5.79. The summed E-state index contributed by atoms with van der Waals surface area (Å²) in [6.07, 6.45) is 0.779. The number of carboxylic acid groups (broad SMARTS) is 1. The van der Waals surface area contributed by atoms with Gasteiger partial charge in [0.2, 0.25) is 0 Å². The fraction of sp³-hybridized carbons (Fsp3) is 0.231. The number of nitrogens with one attached hydrogen (secondary N) is 2. The van der Waals surface area contributed by atoms with E-state index in [9.17, 15) is 9.59 Å². The maximum atomic E-state index is 11.8. The second-order valence-corrected chi connectivity index (χ2v) is 4.02. The molecule has 0 aliphatic rings. The Balaban J connectivity index is 2.73. The van der Waals surface area contributed by atoms with E-state index in [0.29, 0.717) is 11.3 Å². The van der Waals surface area contributed by atoms with Crippen molar-refractivity contribution in [2.75, 3.05) is 7.11 Å². The van der Waals surface area contributed by atoms with Gasteiger partial charge in [0.1, 0.15) is 5.75 Å². The molecule has 1 heterocycles. The lowest BCUT2D eigenvalue weighted by molar-refractivity contribution is 0.0691. The van der Waals surface area contributed by atoms with Crippen LogP contribution in [0.1, 0.15) is 23.0 Å². The smallest absolute Gasteiger partial charge is 0.354 e.